The topological polar surface area (TPSA) is 49.5 Å². The van der Waals surface area contributed by atoms with Crippen LogP contribution >= 0.6 is 0 Å². The fourth-order valence-electron chi connectivity index (χ4n) is 3.22. The highest BCUT2D eigenvalue weighted by Gasteiger charge is 2.36. The minimum Gasteiger partial charge on any atom is -0.391 e. The molecule has 3 atom stereocenters. The summed E-state index contributed by atoms with van der Waals surface area (Å²) in [7, 11) is 0. The molecule has 0 saturated heterocycles. The Morgan fingerprint density at radius 2 is 1.94 bits per heavy atom. The Morgan fingerprint density at radius 3 is 2.65 bits per heavy atom. The number of rotatable bonds is 1. The maximum Gasteiger partial charge on any atom is 0.0710 e. The highest BCUT2D eigenvalue weighted by Crippen LogP contribution is 2.28. The second-order valence-corrected chi connectivity index (χ2v) is 5.36. The molecule has 1 aliphatic heterocycles. The quantitative estimate of drug-likeness (QED) is 0.756. The van der Waals surface area contributed by atoms with Crippen LogP contribution in [-0.2, 0) is 13.0 Å². The van der Waals surface area contributed by atoms with E-state index in [-0.39, 0.29) is 18.2 Å². The zero-order valence-corrected chi connectivity index (χ0v) is 10.0. The zero-order valence-electron chi connectivity index (χ0n) is 10.0. The Labute approximate surface area is 102 Å². The van der Waals surface area contributed by atoms with Crippen LogP contribution in [0.4, 0.5) is 0 Å². The number of nitrogens with zero attached hydrogens (tertiary/aromatic N) is 1. The summed E-state index contributed by atoms with van der Waals surface area (Å²) in [6, 6.07) is 9.05. The molecule has 0 bridgehead atoms. The van der Waals surface area contributed by atoms with Gasteiger partial charge in [-0.3, -0.25) is 4.90 Å². The molecule has 17 heavy (non-hydrogen) atoms. The summed E-state index contributed by atoms with van der Waals surface area (Å²) in [5, 5.41) is 10.0. The van der Waals surface area contributed by atoms with Crippen molar-refractivity contribution >= 4 is 0 Å². The van der Waals surface area contributed by atoms with Crippen LogP contribution in [0.1, 0.15) is 24.0 Å². The van der Waals surface area contributed by atoms with E-state index in [1.165, 1.54) is 11.1 Å². The van der Waals surface area contributed by atoms with Crippen molar-refractivity contribution in [2.75, 3.05) is 6.54 Å². The summed E-state index contributed by atoms with van der Waals surface area (Å²) in [5.74, 6) is 0. The maximum absolute atomic E-state index is 10.0. The highest BCUT2D eigenvalue weighted by atomic mass is 16.3. The molecule has 0 radical (unpaired) electrons. The lowest BCUT2D eigenvalue weighted by Crippen LogP contribution is -2.43. The Morgan fingerprint density at radius 1 is 1.18 bits per heavy atom. The van der Waals surface area contributed by atoms with Crippen molar-refractivity contribution in [3.63, 3.8) is 0 Å². The Bertz CT molecular complexity index is 407. The van der Waals surface area contributed by atoms with Crippen LogP contribution in [0, 0.1) is 0 Å². The van der Waals surface area contributed by atoms with E-state index in [4.69, 9.17) is 5.73 Å². The number of aliphatic hydroxyl groups excluding tert-OH is 1. The van der Waals surface area contributed by atoms with Crippen molar-refractivity contribution in [2.24, 2.45) is 5.73 Å². The van der Waals surface area contributed by atoms with Crippen LogP contribution in [0.25, 0.3) is 0 Å². The van der Waals surface area contributed by atoms with E-state index in [0.29, 0.717) is 0 Å². The predicted octanol–water partition coefficient (Wildman–Crippen LogP) is 0.895. The van der Waals surface area contributed by atoms with E-state index < -0.39 is 0 Å². The van der Waals surface area contributed by atoms with Gasteiger partial charge in [0, 0.05) is 25.2 Å². The van der Waals surface area contributed by atoms with Crippen LogP contribution in [0.3, 0.4) is 0 Å². The lowest BCUT2D eigenvalue weighted by atomic mass is 9.98. The van der Waals surface area contributed by atoms with Gasteiger partial charge in [-0.1, -0.05) is 24.3 Å². The average molecular weight is 232 g/mol. The van der Waals surface area contributed by atoms with Gasteiger partial charge < -0.3 is 10.8 Å². The third-order valence-corrected chi connectivity index (χ3v) is 4.16. The molecule has 1 fully saturated rings. The molecule has 1 saturated carbocycles. The number of hydrogen-bond donors (Lipinski definition) is 2. The first-order chi connectivity index (χ1) is 8.24. The molecule has 2 aliphatic rings. The molecule has 1 unspecified atom stereocenters. The van der Waals surface area contributed by atoms with E-state index >= 15 is 0 Å². The molecule has 92 valence electrons. The van der Waals surface area contributed by atoms with Crippen molar-refractivity contribution in [2.45, 2.75) is 44.0 Å². The van der Waals surface area contributed by atoms with Crippen LogP contribution in [0.15, 0.2) is 24.3 Å². The monoisotopic (exact) mass is 232 g/mol. The van der Waals surface area contributed by atoms with Crippen molar-refractivity contribution in [1.82, 2.24) is 4.90 Å². The molecule has 3 N–H and O–H groups in total. The average Bonchev–Trinajstić information content (AvgIpc) is 2.68. The van der Waals surface area contributed by atoms with Gasteiger partial charge in [-0.25, -0.2) is 0 Å². The van der Waals surface area contributed by atoms with Crippen molar-refractivity contribution < 1.29 is 5.11 Å². The van der Waals surface area contributed by atoms with Crippen molar-refractivity contribution in [1.29, 1.82) is 0 Å². The smallest absolute Gasteiger partial charge is 0.0710 e. The summed E-state index contributed by atoms with van der Waals surface area (Å²) in [6.07, 6.45) is 2.54. The second-order valence-electron chi connectivity index (χ2n) is 5.36. The lowest BCUT2D eigenvalue weighted by molar-refractivity contribution is 0.0626. The fraction of sp³-hybridized carbons (Fsp3) is 0.571. The summed E-state index contributed by atoms with van der Waals surface area (Å²) in [4.78, 5) is 2.40. The third kappa shape index (κ3) is 2.10. The molecular formula is C14H20N2O. The zero-order chi connectivity index (χ0) is 11.8. The number of aliphatic hydroxyl groups is 1. The van der Waals surface area contributed by atoms with Crippen molar-refractivity contribution in [3.05, 3.63) is 35.4 Å². The fourth-order valence-corrected chi connectivity index (χ4v) is 3.22. The first-order valence-electron chi connectivity index (χ1n) is 6.48. The van der Waals surface area contributed by atoms with Gasteiger partial charge in [-0.2, -0.15) is 0 Å². The molecule has 3 heteroatoms. The summed E-state index contributed by atoms with van der Waals surface area (Å²) in [5.41, 5.74) is 8.80. The van der Waals surface area contributed by atoms with Crippen LogP contribution in [0.5, 0.6) is 0 Å². The van der Waals surface area contributed by atoms with E-state index in [2.05, 4.69) is 29.2 Å². The molecule has 1 aromatic rings. The Balaban J connectivity index is 1.76. The molecule has 0 aromatic heterocycles. The maximum atomic E-state index is 10.0. The molecule has 1 heterocycles. The molecular weight excluding hydrogens is 212 g/mol. The Hall–Kier alpha value is -0.900. The standard InChI is InChI=1S/C14H20N2O/c15-12-7-13(14(17)8-12)16-6-5-10-3-1-2-4-11(10)9-16/h1-4,12-14,17H,5-9,15H2/t12-,13?,14+/m1/s1. The Kier molecular flexibility index (Phi) is 2.90. The van der Waals surface area contributed by atoms with Gasteiger partial charge in [0.15, 0.2) is 0 Å². The van der Waals surface area contributed by atoms with E-state index in [1.54, 1.807) is 0 Å². The van der Waals surface area contributed by atoms with Crippen LogP contribution in [0.2, 0.25) is 0 Å². The molecule has 3 rings (SSSR count). The number of benzene rings is 1. The molecule has 1 aliphatic carbocycles. The lowest BCUT2D eigenvalue weighted by Gasteiger charge is -2.35. The first-order valence-corrected chi connectivity index (χ1v) is 6.48. The predicted molar refractivity (Wildman–Crippen MR) is 67.6 cm³/mol. The normalized spacial score (nSPS) is 33.6. The van der Waals surface area contributed by atoms with Crippen LogP contribution in [-0.4, -0.2) is 34.7 Å². The number of hydrogen-bond acceptors (Lipinski definition) is 3. The van der Waals surface area contributed by atoms with Crippen LogP contribution < -0.4 is 5.73 Å². The number of nitrogens with two attached hydrogens (primary N) is 1. The minimum absolute atomic E-state index is 0.173. The van der Waals surface area contributed by atoms with Gasteiger partial charge in [0.05, 0.1) is 6.10 Å². The van der Waals surface area contributed by atoms with E-state index in [0.717, 1.165) is 32.4 Å². The molecule has 0 amide bonds. The molecule has 1 aromatic carbocycles. The third-order valence-electron chi connectivity index (χ3n) is 4.16. The second kappa shape index (κ2) is 4.41. The molecule has 0 spiro atoms. The largest absolute Gasteiger partial charge is 0.391 e. The number of fused-ring (bicyclic) bond motifs is 1. The minimum atomic E-state index is -0.240. The molecule has 3 nitrogen and oxygen atoms in total. The van der Waals surface area contributed by atoms with Gasteiger partial charge in [0.2, 0.25) is 0 Å². The highest BCUT2D eigenvalue weighted by molar-refractivity contribution is 5.29. The summed E-state index contributed by atoms with van der Waals surface area (Å²) >= 11 is 0. The van der Waals surface area contributed by atoms with Crippen molar-refractivity contribution in [3.8, 4) is 0 Å². The van der Waals surface area contributed by atoms with Gasteiger partial charge in [0.1, 0.15) is 0 Å². The van der Waals surface area contributed by atoms with E-state index in [1.807, 2.05) is 0 Å². The van der Waals surface area contributed by atoms with Gasteiger partial charge in [-0.05, 0) is 30.4 Å². The SMILES string of the molecule is N[C@@H]1CC(N2CCc3ccccc3C2)[C@@H](O)C1. The van der Waals surface area contributed by atoms with Gasteiger partial charge in [0.25, 0.3) is 0 Å². The van der Waals surface area contributed by atoms with Gasteiger partial charge >= 0.3 is 0 Å². The van der Waals surface area contributed by atoms with E-state index in [9.17, 15) is 5.11 Å². The first kappa shape index (κ1) is 11.2. The summed E-state index contributed by atoms with van der Waals surface area (Å²) in [6.45, 7) is 2.01. The van der Waals surface area contributed by atoms with Gasteiger partial charge in [-0.15, -0.1) is 0 Å². The summed E-state index contributed by atoms with van der Waals surface area (Å²) < 4.78 is 0.